The minimum absolute atomic E-state index is 0.0135. The van der Waals surface area contributed by atoms with Gasteiger partial charge in [-0.1, -0.05) is 13.0 Å². The Kier molecular flexibility index (Phi) is 5.50. The molecule has 4 rings (SSSR count). The van der Waals surface area contributed by atoms with Crippen LogP contribution in [0.3, 0.4) is 0 Å². The van der Waals surface area contributed by atoms with E-state index in [1.54, 1.807) is 18.4 Å². The van der Waals surface area contributed by atoms with Crippen molar-refractivity contribution in [2.45, 2.75) is 46.3 Å². The molecule has 1 amide bonds. The van der Waals surface area contributed by atoms with Crippen molar-refractivity contribution in [3.05, 3.63) is 45.1 Å². The van der Waals surface area contributed by atoms with Crippen molar-refractivity contribution in [2.24, 2.45) is 5.92 Å². The zero-order valence-corrected chi connectivity index (χ0v) is 18.0. The van der Waals surface area contributed by atoms with E-state index in [-0.39, 0.29) is 11.8 Å². The summed E-state index contributed by atoms with van der Waals surface area (Å²) in [5.74, 6) is 2.17. The summed E-state index contributed by atoms with van der Waals surface area (Å²) in [6.45, 7) is 6.96. The molecule has 0 spiro atoms. The number of amides is 1. The quantitative estimate of drug-likeness (QED) is 0.777. The maximum atomic E-state index is 12.9. The number of methoxy groups -OCH3 is 1. The first-order valence-electron chi connectivity index (χ1n) is 9.95. The van der Waals surface area contributed by atoms with Gasteiger partial charge in [0.2, 0.25) is 0 Å². The van der Waals surface area contributed by atoms with Gasteiger partial charge in [-0.2, -0.15) is 0 Å². The third kappa shape index (κ3) is 3.71. The van der Waals surface area contributed by atoms with E-state index in [1.807, 2.05) is 32.0 Å². The summed E-state index contributed by atoms with van der Waals surface area (Å²) in [6.07, 6.45) is 1.26. The minimum atomic E-state index is -0.516. The van der Waals surface area contributed by atoms with Crippen molar-refractivity contribution in [1.82, 2.24) is 10.3 Å². The van der Waals surface area contributed by atoms with E-state index in [0.717, 1.165) is 40.4 Å². The number of aromatic nitrogens is 1. The van der Waals surface area contributed by atoms with Gasteiger partial charge in [0.25, 0.3) is 5.91 Å². The average Bonchev–Trinajstić information content (AvgIpc) is 3.25. The first kappa shape index (κ1) is 19.8. The molecule has 154 valence electrons. The van der Waals surface area contributed by atoms with Crippen molar-refractivity contribution in [1.29, 1.82) is 0 Å². The molecule has 1 aromatic carbocycles. The Morgan fingerprint density at radius 1 is 1.34 bits per heavy atom. The van der Waals surface area contributed by atoms with Gasteiger partial charge in [0.15, 0.2) is 17.6 Å². The number of hydrogen-bond acceptors (Lipinski definition) is 6. The Morgan fingerprint density at radius 2 is 2.17 bits per heavy atom. The summed E-state index contributed by atoms with van der Waals surface area (Å²) in [6, 6.07) is 5.68. The van der Waals surface area contributed by atoms with E-state index in [4.69, 9.17) is 19.2 Å². The van der Waals surface area contributed by atoms with Crippen LogP contribution in [-0.4, -0.2) is 30.7 Å². The average molecular weight is 415 g/mol. The van der Waals surface area contributed by atoms with Crippen LogP contribution in [0.1, 0.15) is 41.4 Å². The number of benzene rings is 1. The molecule has 7 heteroatoms. The second-order valence-corrected chi connectivity index (χ2v) is 8.59. The number of ether oxygens (including phenoxy) is 3. The molecule has 2 unspecified atom stereocenters. The molecule has 0 fully saturated rings. The Labute approximate surface area is 174 Å². The SMILES string of the molecule is CCOc1cc(CNC(=O)C2OC3=C(c4nc(C)sc4CC3)C2C)ccc1OC. The first-order valence-corrected chi connectivity index (χ1v) is 10.8. The smallest absolute Gasteiger partial charge is 0.261 e. The largest absolute Gasteiger partial charge is 0.493 e. The Hall–Kier alpha value is -2.54. The van der Waals surface area contributed by atoms with Gasteiger partial charge in [-0.15, -0.1) is 11.3 Å². The van der Waals surface area contributed by atoms with Gasteiger partial charge in [0, 0.05) is 29.3 Å². The minimum Gasteiger partial charge on any atom is -0.493 e. The lowest BCUT2D eigenvalue weighted by Gasteiger charge is -2.17. The number of aryl methyl sites for hydroxylation is 2. The number of nitrogens with one attached hydrogen (secondary N) is 1. The van der Waals surface area contributed by atoms with E-state index in [1.165, 1.54) is 4.88 Å². The first-order chi connectivity index (χ1) is 14.0. The molecule has 0 radical (unpaired) electrons. The molecule has 0 saturated carbocycles. The maximum Gasteiger partial charge on any atom is 0.261 e. The van der Waals surface area contributed by atoms with Gasteiger partial charge >= 0.3 is 0 Å². The van der Waals surface area contributed by atoms with Crippen LogP contribution in [-0.2, 0) is 22.5 Å². The Balaban J connectivity index is 1.44. The molecule has 2 heterocycles. The summed E-state index contributed by atoms with van der Waals surface area (Å²) >= 11 is 1.74. The molecule has 2 aromatic rings. The maximum absolute atomic E-state index is 12.9. The molecule has 1 aliphatic heterocycles. The van der Waals surface area contributed by atoms with Crippen LogP contribution in [0.25, 0.3) is 5.57 Å². The molecular weight excluding hydrogens is 388 g/mol. The topological polar surface area (TPSA) is 69.7 Å². The lowest BCUT2D eigenvalue weighted by Crippen LogP contribution is -2.37. The monoisotopic (exact) mass is 414 g/mol. The molecular formula is C22H26N2O4S. The van der Waals surface area contributed by atoms with Crippen molar-refractivity contribution in [3.8, 4) is 11.5 Å². The van der Waals surface area contributed by atoms with Crippen molar-refractivity contribution < 1.29 is 19.0 Å². The third-order valence-corrected chi connectivity index (χ3v) is 6.40. The molecule has 2 atom stereocenters. The number of hydrogen-bond donors (Lipinski definition) is 1. The highest BCUT2D eigenvalue weighted by atomic mass is 32.1. The van der Waals surface area contributed by atoms with Crippen LogP contribution < -0.4 is 14.8 Å². The normalized spacial score (nSPS) is 20.0. The van der Waals surface area contributed by atoms with E-state index >= 15 is 0 Å². The van der Waals surface area contributed by atoms with E-state index in [0.29, 0.717) is 24.7 Å². The molecule has 1 N–H and O–H groups in total. The molecule has 0 bridgehead atoms. The molecule has 6 nitrogen and oxygen atoms in total. The van der Waals surface area contributed by atoms with Crippen molar-refractivity contribution in [3.63, 3.8) is 0 Å². The van der Waals surface area contributed by atoms with Crippen LogP contribution in [0.2, 0.25) is 0 Å². The standard InChI is InChI=1S/C22H26N2O4S/c1-5-27-17-10-14(6-7-15(17)26-4)11-23-22(25)21-12(2)19-16(28-21)8-9-18-20(19)24-13(3)29-18/h6-7,10,12,21H,5,8-9,11H2,1-4H3,(H,23,25). The van der Waals surface area contributed by atoms with Gasteiger partial charge < -0.3 is 19.5 Å². The van der Waals surface area contributed by atoms with Crippen LogP contribution in [0, 0.1) is 12.8 Å². The zero-order valence-electron chi connectivity index (χ0n) is 17.2. The number of nitrogens with zero attached hydrogens (tertiary/aromatic N) is 1. The fourth-order valence-electron chi connectivity index (χ4n) is 4.01. The van der Waals surface area contributed by atoms with E-state index in [9.17, 15) is 4.79 Å². The van der Waals surface area contributed by atoms with Gasteiger partial charge in [0.05, 0.1) is 24.4 Å². The predicted molar refractivity (Wildman–Crippen MR) is 112 cm³/mol. The molecule has 1 aliphatic carbocycles. The Bertz CT molecular complexity index is 966. The van der Waals surface area contributed by atoms with Crippen molar-refractivity contribution in [2.75, 3.05) is 13.7 Å². The number of thiazole rings is 1. The molecule has 1 aromatic heterocycles. The third-order valence-electron chi connectivity index (χ3n) is 5.37. The number of allylic oxidation sites excluding steroid dienone is 1. The number of rotatable bonds is 6. The van der Waals surface area contributed by atoms with Crippen LogP contribution >= 0.6 is 11.3 Å². The molecule has 2 aliphatic rings. The van der Waals surface area contributed by atoms with Crippen LogP contribution in [0.4, 0.5) is 0 Å². The molecule has 0 saturated heterocycles. The predicted octanol–water partition coefficient (Wildman–Crippen LogP) is 3.87. The van der Waals surface area contributed by atoms with Crippen LogP contribution in [0.15, 0.2) is 24.0 Å². The van der Waals surface area contributed by atoms with Gasteiger partial charge in [0.1, 0.15) is 5.76 Å². The van der Waals surface area contributed by atoms with E-state index in [2.05, 4.69) is 12.2 Å². The zero-order chi connectivity index (χ0) is 20.5. The summed E-state index contributed by atoms with van der Waals surface area (Å²) in [5.41, 5.74) is 3.09. The van der Waals surface area contributed by atoms with E-state index < -0.39 is 6.10 Å². The van der Waals surface area contributed by atoms with Gasteiger partial charge in [-0.3, -0.25) is 4.79 Å². The number of carbonyl (C=O) groups excluding carboxylic acids is 1. The fourth-order valence-corrected chi connectivity index (χ4v) is 4.96. The highest BCUT2D eigenvalue weighted by Crippen LogP contribution is 2.45. The second kappa shape index (κ2) is 8.06. The number of fused-ring (bicyclic) bond motifs is 2. The summed E-state index contributed by atoms with van der Waals surface area (Å²) < 4.78 is 17.0. The highest BCUT2D eigenvalue weighted by Gasteiger charge is 2.42. The summed E-state index contributed by atoms with van der Waals surface area (Å²) in [5, 5.41) is 4.08. The summed E-state index contributed by atoms with van der Waals surface area (Å²) in [7, 11) is 1.61. The summed E-state index contributed by atoms with van der Waals surface area (Å²) in [4.78, 5) is 18.9. The lowest BCUT2D eigenvalue weighted by atomic mass is 9.89. The highest BCUT2D eigenvalue weighted by molar-refractivity contribution is 7.11. The molecule has 29 heavy (non-hydrogen) atoms. The van der Waals surface area contributed by atoms with Crippen molar-refractivity contribution >= 4 is 22.8 Å². The lowest BCUT2D eigenvalue weighted by molar-refractivity contribution is -0.131. The van der Waals surface area contributed by atoms with Crippen LogP contribution in [0.5, 0.6) is 11.5 Å². The second-order valence-electron chi connectivity index (χ2n) is 7.30. The van der Waals surface area contributed by atoms with Gasteiger partial charge in [-0.25, -0.2) is 4.98 Å². The Morgan fingerprint density at radius 3 is 2.93 bits per heavy atom. The number of carbonyl (C=O) groups is 1. The van der Waals surface area contributed by atoms with Gasteiger partial charge in [-0.05, 0) is 38.0 Å². The fraction of sp³-hybridized carbons (Fsp3) is 0.455.